The lowest BCUT2D eigenvalue weighted by atomic mass is 10.1. The van der Waals surface area contributed by atoms with Gasteiger partial charge in [-0.05, 0) is 74.9 Å². The van der Waals surface area contributed by atoms with Crippen LogP contribution >= 0.6 is 0 Å². The number of hydrogen-bond acceptors (Lipinski definition) is 5. The molecule has 34 heavy (non-hydrogen) atoms. The fraction of sp³-hybridized carbons (Fsp3) is 0.370. The Labute approximate surface area is 200 Å². The molecule has 3 aromatic rings. The van der Waals surface area contributed by atoms with Gasteiger partial charge < -0.3 is 15.4 Å². The van der Waals surface area contributed by atoms with E-state index in [1.165, 1.54) is 10.5 Å². The quantitative estimate of drug-likeness (QED) is 0.545. The number of likely N-dealkylation sites (tertiary alicyclic amines) is 1. The lowest BCUT2D eigenvalue weighted by Gasteiger charge is -2.28. The van der Waals surface area contributed by atoms with Gasteiger partial charge in [-0.3, -0.25) is 14.7 Å². The molecule has 2 amide bonds. The summed E-state index contributed by atoms with van der Waals surface area (Å²) in [6, 6.07) is 15.1. The number of rotatable bonds is 5. The third-order valence-corrected chi connectivity index (χ3v) is 5.87. The van der Waals surface area contributed by atoms with E-state index in [-0.39, 0.29) is 11.9 Å². The maximum Gasteiger partial charge on any atom is 0.411 e. The van der Waals surface area contributed by atoms with Crippen LogP contribution in [0, 0.1) is 0 Å². The number of aryl methyl sites for hydroxylation is 1. The number of carbonyl (C=O) groups is 2. The second-order valence-electron chi connectivity index (χ2n) is 9.70. The van der Waals surface area contributed by atoms with Crippen molar-refractivity contribution in [1.29, 1.82) is 0 Å². The Hall–Kier alpha value is -3.61. The van der Waals surface area contributed by atoms with E-state index in [2.05, 4.69) is 28.6 Å². The highest BCUT2D eigenvalue weighted by atomic mass is 16.6. The minimum absolute atomic E-state index is 0.0926. The summed E-state index contributed by atoms with van der Waals surface area (Å²) in [5.41, 5.74) is 2.20. The first-order valence-electron chi connectivity index (χ1n) is 11.7. The number of ether oxygens (including phenoxy) is 1. The van der Waals surface area contributed by atoms with Gasteiger partial charge in [-0.2, -0.15) is 0 Å². The van der Waals surface area contributed by atoms with Gasteiger partial charge in [0.1, 0.15) is 11.6 Å². The molecule has 0 radical (unpaired) electrons. The first-order chi connectivity index (χ1) is 16.2. The molecular weight excluding hydrogens is 428 g/mol. The van der Waals surface area contributed by atoms with Crippen molar-refractivity contribution in [1.82, 2.24) is 9.88 Å². The van der Waals surface area contributed by atoms with Gasteiger partial charge in [0.25, 0.3) is 0 Å². The number of benzene rings is 2. The fourth-order valence-corrected chi connectivity index (χ4v) is 4.17. The van der Waals surface area contributed by atoms with Gasteiger partial charge in [-0.15, -0.1) is 0 Å². The van der Waals surface area contributed by atoms with Crippen LogP contribution in [-0.4, -0.2) is 46.1 Å². The Kier molecular flexibility index (Phi) is 6.72. The molecule has 1 aliphatic rings. The number of carbonyl (C=O) groups excluding carboxylic acids is 2. The van der Waals surface area contributed by atoms with Gasteiger partial charge in [0, 0.05) is 41.7 Å². The smallest absolute Gasteiger partial charge is 0.411 e. The standard InChI is InChI=1S/C27H32N4O3/c1-5-18-6-9-21(10-7-18)30-25(32)24-15-23(17-31(24)26(33)34-27(2,3)4)29-22-11-8-20-16-28-13-12-19(20)14-22/h6-14,16,23-24,29H,5,15,17H2,1-4H3,(H,30,32)/t23-,24+/m1/s1. The van der Waals surface area contributed by atoms with Crippen LogP contribution in [0.15, 0.2) is 60.9 Å². The van der Waals surface area contributed by atoms with E-state index >= 15 is 0 Å². The molecule has 7 nitrogen and oxygen atoms in total. The van der Waals surface area contributed by atoms with Gasteiger partial charge in [-0.25, -0.2) is 4.79 Å². The number of fused-ring (bicyclic) bond motifs is 1. The second-order valence-corrected chi connectivity index (χ2v) is 9.70. The molecule has 1 aliphatic heterocycles. The van der Waals surface area contributed by atoms with E-state index in [9.17, 15) is 9.59 Å². The highest BCUT2D eigenvalue weighted by Crippen LogP contribution is 2.27. The van der Waals surface area contributed by atoms with E-state index in [0.29, 0.717) is 18.7 Å². The summed E-state index contributed by atoms with van der Waals surface area (Å²) in [5, 5.41) is 8.60. The molecule has 178 valence electrons. The van der Waals surface area contributed by atoms with Gasteiger partial charge in [0.2, 0.25) is 5.91 Å². The van der Waals surface area contributed by atoms with Crippen LogP contribution in [-0.2, 0) is 16.0 Å². The van der Waals surface area contributed by atoms with Crippen LogP contribution in [0.3, 0.4) is 0 Å². The second kappa shape index (κ2) is 9.71. The number of pyridine rings is 1. The van der Waals surface area contributed by atoms with E-state index in [1.807, 2.05) is 69.4 Å². The molecule has 7 heteroatoms. The van der Waals surface area contributed by atoms with Crippen molar-refractivity contribution < 1.29 is 14.3 Å². The highest BCUT2D eigenvalue weighted by Gasteiger charge is 2.41. The summed E-state index contributed by atoms with van der Waals surface area (Å²) in [5.74, 6) is -0.219. The normalized spacial score (nSPS) is 18.1. The van der Waals surface area contributed by atoms with Crippen LogP contribution in [0.2, 0.25) is 0 Å². The predicted octanol–water partition coefficient (Wildman–Crippen LogP) is 5.23. The van der Waals surface area contributed by atoms with Gasteiger partial charge in [0.15, 0.2) is 0 Å². The molecule has 1 aromatic heterocycles. The number of nitrogens with zero attached hydrogens (tertiary/aromatic N) is 2. The summed E-state index contributed by atoms with van der Waals surface area (Å²) in [4.78, 5) is 31.9. The Bertz CT molecular complexity index is 1170. The van der Waals surface area contributed by atoms with Crippen molar-refractivity contribution in [3.05, 3.63) is 66.5 Å². The Morgan fingerprint density at radius 2 is 1.79 bits per heavy atom. The number of hydrogen-bond donors (Lipinski definition) is 2. The monoisotopic (exact) mass is 460 g/mol. The third kappa shape index (κ3) is 5.65. The maximum atomic E-state index is 13.2. The molecule has 0 saturated carbocycles. The number of nitrogens with one attached hydrogen (secondary N) is 2. The van der Waals surface area contributed by atoms with Crippen LogP contribution < -0.4 is 10.6 Å². The highest BCUT2D eigenvalue weighted by molar-refractivity contribution is 5.97. The summed E-state index contributed by atoms with van der Waals surface area (Å²) in [7, 11) is 0. The first kappa shape index (κ1) is 23.5. The zero-order valence-corrected chi connectivity index (χ0v) is 20.2. The average Bonchev–Trinajstić information content (AvgIpc) is 3.22. The average molecular weight is 461 g/mol. The van der Waals surface area contributed by atoms with Crippen molar-refractivity contribution in [2.75, 3.05) is 17.2 Å². The molecule has 0 bridgehead atoms. The topological polar surface area (TPSA) is 83.6 Å². The van der Waals surface area contributed by atoms with Crippen molar-refractivity contribution in [3.63, 3.8) is 0 Å². The summed E-state index contributed by atoms with van der Waals surface area (Å²) in [6.45, 7) is 7.93. The summed E-state index contributed by atoms with van der Waals surface area (Å²) < 4.78 is 5.61. The molecule has 0 aliphatic carbocycles. The van der Waals surface area contributed by atoms with Crippen LogP contribution in [0.1, 0.15) is 39.7 Å². The minimum atomic E-state index is -0.647. The van der Waals surface area contributed by atoms with Crippen LogP contribution in [0.4, 0.5) is 16.2 Å². The van der Waals surface area contributed by atoms with Gasteiger partial charge in [0.05, 0.1) is 0 Å². The molecule has 2 atom stereocenters. The minimum Gasteiger partial charge on any atom is -0.444 e. The van der Waals surface area contributed by atoms with E-state index < -0.39 is 17.7 Å². The molecule has 1 saturated heterocycles. The van der Waals surface area contributed by atoms with E-state index in [4.69, 9.17) is 4.74 Å². The molecule has 2 heterocycles. The summed E-state index contributed by atoms with van der Waals surface area (Å²) in [6.07, 6.45) is 4.52. The third-order valence-electron chi connectivity index (χ3n) is 5.87. The van der Waals surface area contributed by atoms with Crippen molar-refractivity contribution in [3.8, 4) is 0 Å². The molecule has 0 spiro atoms. The number of anilines is 2. The van der Waals surface area contributed by atoms with Crippen LogP contribution in [0.25, 0.3) is 10.8 Å². The van der Waals surface area contributed by atoms with E-state index in [0.717, 1.165) is 22.9 Å². The van der Waals surface area contributed by atoms with Crippen LogP contribution in [0.5, 0.6) is 0 Å². The Morgan fingerprint density at radius 1 is 1.06 bits per heavy atom. The maximum absolute atomic E-state index is 13.2. The summed E-state index contributed by atoms with van der Waals surface area (Å²) >= 11 is 0. The lowest BCUT2D eigenvalue weighted by molar-refractivity contribution is -0.120. The molecule has 2 aromatic carbocycles. The zero-order valence-electron chi connectivity index (χ0n) is 20.2. The first-order valence-corrected chi connectivity index (χ1v) is 11.7. The number of aromatic nitrogens is 1. The van der Waals surface area contributed by atoms with Crippen molar-refractivity contribution in [2.45, 2.75) is 58.2 Å². The Morgan fingerprint density at radius 3 is 2.50 bits per heavy atom. The zero-order chi connectivity index (χ0) is 24.3. The molecule has 4 rings (SSSR count). The lowest BCUT2D eigenvalue weighted by Crippen LogP contribution is -2.45. The largest absolute Gasteiger partial charge is 0.444 e. The Balaban J connectivity index is 1.51. The van der Waals surface area contributed by atoms with Gasteiger partial charge in [-0.1, -0.05) is 25.1 Å². The van der Waals surface area contributed by atoms with Crippen molar-refractivity contribution in [2.24, 2.45) is 0 Å². The molecule has 0 unspecified atom stereocenters. The molecule has 1 fully saturated rings. The molecular formula is C27H32N4O3. The number of amides is 2. The predicted molar refractivity (Wildman–Crippen MR) is 135 cm³/mol. The van der Waals surface area contributed by atoms with Gasteiger partial charge >= 0.3 is 6.09 Å². The SMILES string of the molecule is CCc1ccc(NC(=O)[C@@H]2C[C@@H](Nc3ccc4cnccc4c3)CN2C(=O)OC(C)(C)C)cc1. The molecule has 2 N–H and O–H groups in total. The van der Waals surface area contributed by atoms with Crippen molar-refractivity contribution >= 4 is 34.1 Å². The fourth-order valence-electron chi connectivity index (χ4n) is 4.17. The van der Waals surface area contributed by atoms with E-state index in [1.54, 1.807) is 6.20 Å².